The van der Waals surface area contributed by atoms with Crippen molar-refractivity contribution in [2.24, 2.45) is 0 Å². The number of hydrogen-bond donors (Lipinski definition) is 3. The highest BCUT2D eigenvalue weighted by Crippen LogP contribution is 2.09. The van der Waals surface area contributed by atoms with E-state index in [1.807, 2.05) is 0 Å². The van der Waals surface area contributed by atoms with Crippen LogP contribution in [-0.4, -0.2) is 35.0 Å². The van der Waals surface area contributed by atoms with Gasteiger partial charge >= 0.3 is 5.97 Å². The van der Waals surface area contributed by atoms with Gasteiger partial charge in [-0.05, 0) is 35.4 Å². The van der Waals surface area contributed by atoms with Crippen LogP contribution in [0.2, 0.25) is 0 Å². The van der Waals surface area contributed by atoms with E-state index in [4.69, 9.17) is 0 Å². The third-order valence-corrected chi connectivity index (χ3v) is 3.97. The standard InChI is InChI=1S/C20H20F2N2O4/c1-12(25)23-17(10-13-4-2-6-15(21)8-13)19(26)24-18(20(27)28)11-14-5-3-7-16(22)9-14/h2-9,17-18H,10-11H2,1H3,(H,23,25)(H,24,26)(H,27,28)/t17-,18-/m0/s1. The number of carboxylic acid groups (broad SMARTS) is 1. The fraction of sp³-hybridized carbons (Fsp3) is 0.250. The van der Waals surface area contributed by atoms with Gasteiger partial charge in [0, 0.05) is 19.8 Å². The molecule has 0 aliphatic heterocycles. The number of aliphatic carboxylic acids is 1. The Labute approximate surface area is 160 Å². The van der Waals surface area contributed by atoms with E-state index in [1.54, 1.807) is 12.1 Å². The summed E-state index contributed by atoms with van der Waals surface area (Å²) in [4.78, 5) is 35.6. The zero-order valence-corrected chi connectivity index (χ0v) is 15.1. The van der Waals surface area contributed by atoms with Crippen LogP contribution in [0, 0.1) is 11.6 Å². The molecule has 148 valence electrons. The van der Waals surface area contributed by atoms with Gasteiger partial charge in [-0.3, -0.25) is 9.59 Å². The van der Waals surface area contributed by atoms with Crippen LogP contribution in [-0.2, 0) is 27.2 Å². The first-order chi connectivity index (χ1) is 13.2. The number of rotatable bonds is 8. The van der Waals surface area contributed by atoms with E-state index < -0.39 is 41.5 Å². The molecule has 6 nitrogen and oxygen atoms in total. The number of carbonyl (C=O) groups excluding carboxylic acids is 2. The molecular formula is C20H20F2N2O4. The lowest BCUT2D eigenvalue weighted by molar-refractivity contribution is -0.142. The first-order valence-corrected chi connectivity index (χ1v) is 8.53. The van der Waals surface area contributed by atoms with Crippen LogP contribution in [0.15, 0.2) is 48.5 Å². The van der Waals surface area contributed by atoms with Crippen LogP contribution in [0.1, 0.15) is 18.1 Å². The Bertz CT molecular complexity index is 873. The summed E-state index contributed by atoms with van der Waals surface area (Å²) < 4.78 is 26.7. The Morgan fingerprint density at radius 1 is 0.893 bits per heavy atom. The zero-order chi connectivity index (χ0) is 20.7. The third-order valence-electron chi connectivity index (χ3n) is 3.97. The Morgan fingerprint density at radius 2 is 1.39 bits per heavy atom. The molecule has 2 rings (SSSR count). The molecule has 2 aromatic rings. The molecular weight excluding hydrogens is 370 g/mol. The maximum absolute atomic E-state index is 13.4. The van der Waals surface area contributed by atoms with Crippen molar-refractivity contribution in [3.05, 3.63) is 71.3 Å². The lowest BCUT2D eigenvalue weighted by Crippen LogP contribution is -2.52. The van der Waals surface area contributed by atoms with Crippen LogP contribution in [0.5, 0.6) is 0 Å². The van der Waals surface area contributed by atoms with Gasteiger partial charge in [0.1, 0.15) is 23.7 Å². The van der Waals surface area contributed by atoms with Crippen molar-refractivity contribution in [1.29, 1.82) is 0 Å². The van der Waals surface area contributed by atoms with Crippen LogP contribution in [0.25, 0.3) is 0 Å². The highest BCUT2D eigenvalue weighted by Gasteiger charge is 2.26. The molecule has 2 amide bonds. The predicted octanol–water partition coefficient (Wildman–Crippen LogP) is 1.82. The molecule has 0 unspecified atom stereocenters. The lowest BCUT2D eigenvalue weighted by atomic mass is 10.0. The maximum atomic E-state index is 13.4. The van der Waals surface area contributed by atoms with Crippen LogP contribution >= 0.6 is 0 Å². The second kappa shape index (κ2) is 9.59. The molecule has 2 aromatic carbocycles. The summed E-state index contributed by atoms with van der Waals surface area (Å²) in [5.41, 5.74) is 0.861. The predicted molar refractivity (Wildman–Crippen MR) is 97.4 cm³/mol. The van der Waals surface area contributed by atoms with Crippen LogP contribution in [0.4, 0.5) is 8.78 Å². The van der Waals surface area contributed by atoms with Crippen molar-refractivity contribution >= 4 is 17.8 Å². The Balaban J connectivity index is 2.14. The third kappa shape index (κ3) is 6.46. The van der Waals surface area contributed by atoms with Crippen molar-refractivity contribution in [3.63, 3.8) is 0 Å². The topological polar surface area (TPSA) is 95.5 Å². The molecule has 8 heteroatoms. The second-order valence-corrected chi connectivity index (χ2v) is 6.32. The number of hydrogen-bond acceptors (Lipinski definition) is 3. The number of carboxylic acids is 1. The van der Waals surface area contributed by atoms with Gasteiger partial charge < -0.3 is 15.7 Å². The fourth-order valence-electron chi connectivity index (χ4n) is 2.73. The van der Waals surface area contributed by atoms with Crippen molar-refractivity contribution in [2.75, 3.05) is 0 Å². The molecule has 0 fully saturated rings. The van der Waals surface area contributed by atoms with Crippen molar-refractivity contribution in [2.45, 2.75) is 31.8 Å². The number of benzene rings is 2. The highest BCUT2D eigenvalue weighted by molar-refractivity contribution is 5.90. The molecule has 0 aliphatic carbocycles. The van der Waals surface area contributed by atoms with Gasteiger partial charge in [-0.25, -0.2) is 13.6 Å². The summed E-state index contributed by atoms with van der Waals surface area (Å²) in [5, 5.41) is 14.2. The summed E-state index contributed by atoms with van der Waals surface area (Å²) in [6.45, 7) is 1.22. The molecule has 0 bridgehead atoms. The van der Waals surface area contributed by atoms with Gasteiger partial charge in [-0.2, -0.15) is 0 Å². The second-order valence-electron chi connectivity index (χ2n) is 6.32. The summed E-state index contributed by atoms with van der Waals surface area (Å²) in [5.74, 6) is -3.54. The molecule has 0 heterocycles. The van der Waals surface area contributed by atoms with Gasteiger partial charge in [0.05, 0.1) is 0 Å². The summed E-state index contributed by atoms with van der Waals surface area (Å²) in [6.07, 6.45) is -0.152. The number of amides is 2. The lowest BCUT2D eigenvalue weighted by Gasteiger charge is -2.21. The highest BCUT2D eigenvalue weighted by atomic mass is 19.1. The largest absolute Gasteiger partial charge is 0.480 e. The molecule has 28 heavy (non-hydrogen) atoms. The van der Waals surface area contributed by atoms with Gasteiger partial charge in [-0.15, -0.1) is 0 Å². The average molecular weight is 390 g/mol. The van der Waals surface area contributed by atoms with Crippen LogP contribution in [0.3, 0.4) is 0 Å². The molecule has 0 saturated carbocycles. The minimum atomic E-state index is -1.32. The number of halogens is 2. The smallest absolute Gasteiger partial charge is 0.326 e. The van der Waals surface area contributed by atoms with Crippen LogP contribution < -0.4 is 10.6 Å². The SMILES string of the molecule is CC(=O)N[C@@H](Cc1cccc(F)c1)C(=O)N[C@@H](Cc1cccc(F)c1)C(=O)O. The first-order valence-electron chi connectivity index (χ1n) is 8.53. The van der Waals surface area contributed by atoms with Gasteiger partial charge in [0.2, 0.25) is 11.8 Å². The average Bonchev–Trinajstić information content (AvgIpc) is 2.60. The minimum absolute atomic E-state index is 0.0184. The molecule has 3 N–H and O–H groups in total. The Morgan fingerprint density at radius 3 is 1.82 bits per heavy atom. The first kappa shape index (κ1) is 21.0. The monoisotopic (exact) mass is 390 g/mol. The van der Waals surface area contributed by atoms with Crippen molar-refractivity contribution in [1.82, 2.24) is 10.6 Å². The molecule has 0 spiro atoms. The number of nitrogens with one attached hydrogen (secondary N) is 2. The van der Waals surface area contributed by atoms with E-state index in [0.29, 0.717) is 11.1 Å². The quantitative estimate of drug-likeness (QED) is 0.641. The normalized spacial score (nSPS) is 12.7. The molecule has 2 atom stereocenters. The molecule has 0 aliphatic rings. The van der Waals surface area contributed by atoms with Gasteiger partial charge in [0.25, 0.3) is 0 Å². The van der Waals surface area contributed by atoms with E-state index in [-0.39, 0.29) is 12.8 Å². The molecule has 0 saturated heterocycles. The Kier molecular flexibility index (Phi) is 7.20. The van der Waals surface area contributed by atoms with E-state index >= 15 is 0 Å². The fourth-order valence-corrected chi connectivity index (χ4v) is 2.73. The van der Waals surface area contributed by atoms with E-state index in [1.165, 1.54) is 43.3 Å². The minimum Gasteiger partial charge on any atom is -0.480 e. The van der Waals surface area contributed by atoms with Gasteiger partial charge in [-0.1, -0.05) is 24.3 Å². The van der Waals surface area contributed by atoms with E-state index in [2.05, 4.69) is 10.6 Å². The van der Waals surface area contributed by atoms with E-state index in [0.717, 1.165) is 0 Å². The maximum Gasteiger partial charge on any atom is 0.326 e. The van der Waals surface area contributed by atoms with Crippen molar-refractivity contribution in [3.8, 4) is 0 Å². The van der Waals surface area contributed by atoms with Crippen molar-refractivity contribution < 1.29 is 28.3 Å². The number of carbonyl (C=O) groups is 3. The summed E-state index contributed by atoms with van der Waals surface area (Å²) in [6, 6.07) is 8.51. The molecule has 0 radical (unpaired) electrons. The Hall–Kier alpha value is -3.29. The molecule has 0 aromatic heterocycles. The summed E-state index contributed by atoms with van der Waals surface area (Å²) >= 11 is 0. The zero-order valence-electron chi connectivity index (χ0n) is 15.1. The summed E-state index contributed by atoms with van der Waals surface area (Å²) in [7, 11) is 0. The van der Waals surface area contributed by atoms with E-state index in [9.17, 15) is 28.3 Å². The van der Waals surface area contributed by atoms with Gasteiger partial charge in [0.15, 0.2) is 0 Å².